The maximum absolute atomic E-state index is 6.01. The van der Waals surface area contributed by atoms with Crippen molar-refractivity contribution >= 4 is 35.1 Å². The number of nitrogens with two attached hydrogens (primary N) is 1. The molecular formula is C10H9Cl2N5. The molecular weight excluding hydrogens is 261 g/mol. The van der Waals surface area contributed by atoms with Crippen molar-refractivity contribution in [3.63, 3.8) is 0 Å². The van der Waals surface area contributed by atoms with E-state index in [0.717, 1.165) is 5.56 Å². The number of hydrogen-bond donors (Lipinski definition) is 2. The molecule has 0 fully saturated rings. The highest BCUT2D eigenvalue weighted by Gasteiger charge is 2.03. The summed E-state index contributed by atoms with van der Waals surface area (Å²) in [5.41, 5.74) is 6.38. The molecule has 7 heteroatoms. The Morgan fingerprint density at radius 1 is 1.12 bits per heavy atom. The first-order chi connectivity index (χ1) is 8.15. The normalized spacial score (nSPS) is 10.2. The van der Waals surface area contributed by atoms with E-state index >= 15 is 0 Å². The quantitative estimate of drug-likeness (QED) is 0.895. The van der Waals surface area contributed by atoms with Gasteiger partial charge in [-0.05, 0) is 23.2 Å². The van der Waals surface area contributed by atoms with Gasteiger partial charge in [-0.15, -0.1) is 0 Å². The van der Waals surface area contributed by atoms with Crippen molar-refractivity contribution in [1.29, 1.82) is 0 Å². The molecule has 0 spiro atoms. The maximum atomic E-state index is 6.01. The lowest BCUT2D eigenvalue weighted by atomic mass is 10.2. The van der Waals surface area contributed by atoms with Crippen LogP contribution in [0.3, 0.4) is 0 Å². The molecule has 0 unspecified atom stereocenters. The van der Waals surface area contributed by atoms with Crippen LogP contribution in [0.15, 0.2) is 24.3 Å². The van der Waals surface area contributed by atoms with Gasteiger partial charge >= 0.3 is 0 Å². The van der Waals surface area contributed by atoms with Gasteiger partial charge in [0.2, 0.25) is 17.2 Å². The van der Waals surface area contributed by atoms with Gasteiger partial charge in [0.15, 0.2) is 0 Å². The first-order valence-corrected chi connectivity index (χ1v) is 5.55. The van der Waals surface area contributed by atoms with Crippen LogP contribution in [0.5, 0.6) is 0 Å². The largest absolute Gasteiger partial charge is 0.368 e. The van der Waals surface area contributed by atoms with Crippen molar-refractivity contribution in [2.24, 2.45) is 0 Å². The second kappa shape index (κ2) is 5.16. The summed E-state index contributed by atoms with van der Waals surface area (Å²) >= 11 is 11.7. The second-order valence-electron chi connectivity index (χ2n) is 3.23. The van der Waals surface area contributed by atoms with E-state index in [1.54, 1.807) is 0 Å². The molecule has 0 bridgehead atoms. The Balaban J connectivity index is 2.10. The fraction of sp³-hybridized carbons (Fsp3) is 0.100. The van der Waals surface area contributed by atoms with Gasteiger partial charge in [-0.1, -0.05) is 29.8 Å². The molecule has 1 aromatic carbocycles. The highest BCUT2D eigenvalue weighted by molar-refractivity contribution is 6.31. The van der Waals surface area contributed by atoms with Crippen LogP contribution in [0.4, 0.5) is 11.9 Å². The van der Waals surface area contributed by atoms with Crippen molar-refractivity contribution in [1.82, 2.24) is 15.0 Å². The molecule has 0 amide bonds. The summed E-state index contributed by atoms with van der Waals surface area (Å²) < 4.78 is 0. The molecule has 2 aromatic rings. The number of benzene rings is 1. The van der Waals surface area contributed by atoms with E-state index in [-0.39, 0.29) is 11.2 Å². The monoisotopic (exact) mass is 269 g/mol. The fourth-order valence-corrected chi connectivity index (χ4v) is 1.63. The van der Waals surface area contributed by atoms with Gasteiger partial charge in [-0.2, -0.15) is 15.0 Å². The van der Waals surface area contributed by atoms with E-state index in [4.69, 9.17) is 28.9 Å². The number of nitrogen functional groups attached to an aromatic ring is 1. The van der Waals surface area contributed by atoms with Crippen LogP contribution >= 0.6 is 23.2 Å². The average Bonchev–Trinajstić information content (AvgIpc) is 2.27. The van der Waals surface area contributed by atoms with Gasteiger partial charge in [-0.25, -0.2) is 0 Å². The zero-order chi connectivity index (χ0) is 12.3. The number of halogens is 2. The zero-order valence-corrected chi connectivity index (χ0v) is 10.2. The number of rotatable bonds is 3. The molecule has 0 radical (unpaired) electrons. The summed E-state index contributed by atoms with van der Waals surface area (Å²) in [6.45, 7) is 0.486. The Morgan fingerprint density at radius 3 is 2.59 bits per heavy atom. The van der Waals surface area contributed by atoms with Crippen LogP contribution in [-0.2, 0) is 6.54 Å². The molecule has 3 N–H and O–H groups in total. The number of nitrogens with one attached hydrogen (secondary N) is 1. The Morgan fingerprint density at radius 2 is 1.88 bits per heavy atom. The van der Waals surface area contributed by atoms with E-state index in [1.165, 1.54) is 0 Å². The summed E-state index contributed by atoms with van der Waals surface area (Å²) in [5, 5.41) is 3.70. The number of anilines is 2. The van der Waals surface area contributed by atoms with E-state index in [9.17, 15) is 0 Å². The highest BCUT2D eigenvalue weighted by atomic mass is 35.5. The lowest BCUT2D eigenvalue weighted by molar-refractivity contribution is 1.01. The van der Waals surface area contributed by atoms with Crippen molar-refractivity contribution in [3.05, 3.63) is 40.1 Å². The average molecular weight is 270 g/mol. The predicted octanol–water partition coefficient (Wildman–Crippen LogP) is 2.37. The molecule has 0 aliphatic rings. The number of nitrogens with zero attached hydrogens (tertiary/aromatic N) is 3. The molecule has 17 heavy (non-hydrogen) atoms. The van der Waals surface area contributed by atoms with E-state index in [2.05, 4.69) is 20.3 Å². The summed E-state index contributed by atoms with van der Waals surface area (Å²) in [7, 11) is 0. The summed E-state index contributed by atoms with van der Waals surface area (Å²) in [5.74, 6) is 0.397. The lowest BCUT2D eigenvalue weighted by Gasteiger charge is -2.06. The first-order valence-electron chi connectivity index (χ1n) is 4.79. The highest BCUT2D eigenvalue weighted by Crippen LogP contribution is 2.16. The molecule has 0 atom stereocenters. The predicted molar refractivity (Wildman–Crippen MR) is 68.0 cm³/mol. The van der Waals surface area contributed by atoms with E-state index in [0.29, 0.717) is 17.5 Å². The Bertz CT molecular complexity index is 512. The lowest BCUT2D eigenvalue weighted by Crippen LogP contribution is -2.07. The third-order valence-corrected chi connectivity index (χ3v) is 2.56. The molecule has 1 heterocycles. The topological polar surface area (TPSA) is 76.7 Å². The Hall–Kier alpha value is -1.59. The molecule has 0 aliphatic carbocycles. The van der Waals surface area contributed by atoms with E-state index in [1.807, 2.05) is 24.3 Å². The Labute approximate surface area is 108 Å². The molecule has 0 saturated carbocycles. The van der Waals surface area contributed by atoms with Crippen LogP contribution in [-0.4, -0.2) is 15.0 Å². The van der Waals surface area contributed by atoms with Crippen LogP contribution < -0.4 is 11.1 Å². The van der Waals surface area contributed by atoms with Gasteiger partial charge in [0, 0.05) is 11.6 Å². The van der Waals surface area contributed by atoms with Gasteiger partial charge in [0.25, 0.3) is 0 Å². The zero-order valence-electron chi connectivity index (χ0n) is 8.69. The van der Waals surface area contributed by atoms with Crippen molar-refractivity contribution < 1.29 is 0 Å². The van der Waals surface area contributed by atoms with E-state index < -0.39 is 0 Å². The first kappa shape index (κ1) is 11.9. The smallest absolute Gasteiger partial charge is 0.229 e. The third kappa shape index (κ3) is 3.18. The molecule has 0 saturated heterocycles. The standard InChI is InChI=1S/C10H9Cl2N5/c11-7-4-2-1-3-6(7)5-14-10-16-8(12)15-9(13)17-10/h1-4H,5H2,(H3,13,14,15,16,17). The minimum absolute atomic E-state index is 0.0548. The molecule has 88 valence electrons. The van der Waals surface area contributed by atoms with Gasteiger partial charge in [0.1, 0.15) is 0 Å². The minimum atomic E-state index is 0.0548. The van der Waals surface area contributed by atoms with Crippen molar-refractivity contribution in [2.45, 2.75) is 6.54 Å². The maximum Gasteiger partial charge on any atom is 0.229 e. The fourth-order valence-electron chi connectivity index (χ4n) is 1.26. The SMILES string of the molecule is Nc1nc(Cl)nc(NCc2ccccc2Cl)n1. The number of aromatic nitrogens is 3. The summed E-state index contributed by atoms with van der Waals surface area (Å²) in [6.07, 6.45) is 0. The molecule has 0 aliphatic heterocycles. The van der Waals surface area contributed by atoms with Gasteiger partial charge in [0.05, 0.1) is 0 Å². The van der Waals surface area contributed by atoms with Crippen LogP contribution in [0.1, 0.15) is 5.56 Å². The minimum Gasteiger partial charge on any atom is -0.368 e. The molecule has 2 rings (SSSR count). The van der Waals surface area contributed by atoms with Crippen LogP contribution in [0.25, 0.3) is 0 Å². The molecule has 5 nitrogen and oxygen atoms in total. The van der Waals surface area contributed by atoms with Crippen molar-refractivity contribution in [2.75, 3.05) is 11.1 Å². The third-order valence-electron chi connectivity index (χ3n) is 2.02. The second-order valence-corrected chi connectivity index (χ2v) is 3.98. The Kier molecular flexibility index (Phi) is 3.61. The molecule has 1 aromatic heterocycles. The van der Waals surface area contributed by atoms with Crippen LogP contribution in [0.2, 0.25) is 10.3 Å². The summed E-state index contributed by atoms with van der Waals surface area (Å²) in [4.78, 5) is 11.4. The summed E-state index contributed by atoms with van der Waals surface area (Å²) in [6, 6.07) is 7.48. The van der Waals surface area contributed by atoms with Gasteiger partial charge in [-0.3, -0.25) is 0 Å². The van der Waals surface area contributed by atoms with Gasteiger partial charge < -0.3 is 11.1 Å². The van der Waals surface area contributed by atoms with Crippen molar-refractivity contribution in [3.8, 4) is 0 Å². The van der Waals surface area contributed by atoms with Crippen LogP contribution in [0, 0.1) is 0 Å². The number of hydrogen-bond acceptors (Lipinski definition) is 5.